The minimum Gasteiger partial charge on any atom is -0.497 e. The Morgan fingerprint density at radius 2 is 2.15 bits per heavy atom. The largest absolute Gasteiger partial charge is 0.497 e. The van der Waals surface area contributed by atoms with Crippen molar-refractivity contribution in [2.45, 2.75) is 48.6 Å². The molecule has 3 N–H and O–H groups in total. The van der Waals surface area contributed by atoms with Crippen LogP contribution in [0.25, 0.3) is 11.0 Å². The van der Waals surface area contributed by atoms with Gasteiger partial charge in [0.1, 0.15) is 5.75 Å². The van der Waals surface area contributed by atoms with Crippen LogP contribution in [0.2, 0.25) is 0 Å². The minimum absolute atomic E-state index is 0.283. The molecule has 3 rings (SSSR count). The van der Waals surface area contributed by atoms with Gasteiger partial charge in [-0.1, -0.05) is 31.0 Å². The van der Waals surface area contributed by atoms with Crippen molar-refractivity contribution in [2.24, 2.45) is 5.73 Å². The fourth-order valence-electron chi connectivity index (χ4n) is 2.74. The van der Waals surface area contributed by atoms with Gasteiger partial charge >= 0.3 is 0 Å². The normalized spacial score (nSPS) is 23.7. The van der Waals surface area contributed by atoms with Crippen molar-refractivity contribution >= 4 is 22.8 Å². The minimum atomic E-state index is 0.283. The Kier molecular flexibility index (Phi) is 4.17. The second kappa shape index (κ2) is 6.06. The molecule has 0 radical (unpaired) electrons. The number of thioether (sulfide) groups is 1. The third-order valence-corrected chi connectivity index (χ3v) is 5.24. The summed E-state index contributed by atoms with van der Waals surface area (Å²) in [4.78, 5) is 8.02. The average molecular weight is 291 g/mol. The molecule has 2 unspecified atom stereocenters. The van der Waals surface area contributed by atoms with Gasteiger partial charge in [0, 0.05) is 17.4 Å². The number of rotatable bonds is 3. The van der Waals surface area contributed by atoms with E-state index in [-0.39, 0.29) is 6.04 Å². The number of nitrogens with one attached hydrogen (secondary N) is 1. The lowest BCUT2D eigenvalue weighted by Gasteiger charge is -2.19. The summed E-state index contributed by atoms with van der Waals surface area (Å²) >= 11 is 1.79. The molecule has 0 aliphatic heterocycles. The van der Waals surface area contributed by atoms with E-state index in [2.05, 4.69) is 9.97 Å². The summed E-state index contributed by atoms with van der Waals surface area (Å²) in [5.41, 5.74) is 8.29. The fourth-order valence-corrected chi connectivity index (χ4v) is 3.94. The first kappa shape index (κ1) is 13.8. The maximum atomic E-state index is 6.28. The Morgan fingerprint density at radius 1 is 1.30 bits per heavy atom. The van der Waals surface area contributed by atoms with Gasteiger partial charge in [0.25, 0.3) is 0 Å². The number of aromatic amines is 1. The second-order valence-corrected chi connectivity index (χ2v) is 6.61. The highest BCUT2D eigenvalue weighted by Crippen LogP contribution is 2.32. The summed E-state index contributed by atoms with van der Waals surface area (Å²) in [7, 11) is 1.68. The molecular weight excluding hydrogens is 270 g/mol. The van der Waals surface area contributed by atoms with Crippen LogP contribution in [0.3, 0.4) is 0 Å². The van der Waals surface area contributed by atoms with Crippen LogP contribution >= 0.6 is 11.8 Å². The van der Waals surface area contributed by atoms with Gasteiger partial charge in [0.05, 0.1) is 18.1 Å². The van der Waals surface area contributed by atoms with Crippen molar-refractivity contribution < 1.29 is 4.74 Å². The molecule has 1 aliphatic carbocycles. The van der Waals surface area contributed by atoms with Crippen molar-refractivity contribution in [2.75, 3.05) is 7.11 Å². The molecule has 2 aromatic rings. The van der Waals surface area contributed by atoms with Gasteiger partial charge in [-0.15, -0.1) is 0 Å². The lowest BCUT2D eigenvalue weighted by Crippen LogP contribution is -2.31. The molecule has 2 atom stereocenters. The van der Waals surface area contributed by atoms with Crippen LogP contribution in [-0.4, -0.2) is 28.4 Å². The highest BCUT2D eigenvalue weighted by molar-refractivity contribution is 7.99. The Hall–Kier alpha value is -1.20. The van der Waals surface area contributed by atoms with E-state index < -0.39 is 0 Å². The van der Waals surface area contributed by atoms with Crippen LogP contribution in [0.5, 0.6) is 5.75 Å². The average Bonchev–Trinajstić information content (AvgIpc) is 2.75. The molecule has 0 amide bonds. The highest BCUT2D eigenvalue weighted by Gasteiger charge is 2.22. The number of nitrogens with zero attached hydrogens (tertiary/aromatic N) is 1. The zero-order valence-corrected chi connectivity index (χ0v) is 12.6. The predicted molar refractivity (Wildman–Crippen MR) is 83.4 cm³/mol. The maximum Gasteiger partial charge on any atom is 0.166 e. The molecule has 20 heavy (non-hydrogen) atoms. The van der Waals surface area contributed by atoms with Gasteiger partial charge in [-0.2, -0.15) is 0 Å². The Bertz CT molecular complexity index is 584. The van der Waals surface area contributed by atoms with Crippen LogP contribution in [0.15, 0.2) is 23.4 Å². The number of imidazole rings is 1. The fraction of sp³-hybridized carbons (Fsp3) is 0.533. The third kappa shape index (κ3) is 2.94. The van der Waals surface area contributed by atoms with Gasteiger partial charge in [-0.25, -0.2) is 4.98 Å². The second-order valence-electron chi connectivity index (χ2n) is 5.38. The molecule has 108 valence electrons. The first-order chi connectivity index (χ1) is 9.76. The zero-order valence-electron chi connectivity index (χ0n) is 11.8. The van der Waals surface area contributed by atoms with E-state index in [4.69, 9.17) is 10.5 Å². The van der Waals surface area contributed by atoms with E-state index in [0.29, 0.717) is 5.25 Å². The molecule has 0 spiro atoms. The number of hydrogen-bond acceptors (Lipinski definition) is 4. The lowest BCUT2D eigenvalue weighted by atomic mass is 10.1. The number of nitrogens with two attached hydrogens (primary N) is 1. The van der Waals surface area contributed by atoms with Crippen molar-refractivity contribution in [3.63, 3.8) is 0 Å². The number of methoxy groups -OCH3 is 1. The number of benzene rings is 1. The highest BCUT2D eigenvalue weighted by atomic mass is 32.2. The zero-order chi connectivity index (χ0) is 13.9. The summed E-state index contributed by atoms with van der Waals surface area (Å²) in [5.74, 6) is 0.851. The maximum absolute atomic E-state index is 6.28. The van der Waals surface area contributed by atoms with Crippen LogP contribution in [0, 0.1) is 0 Å². The summed E-state index contributed by atoms with van der Waals surface area (Å²) in [6.45, 7) is 0. The van der Waals surface area contributed by atoms with E-state index in [1.54, 1.807) is 18.9 Å². The number of ether oxygens (including phenoxy) is 1. The van der Waals surface area contributed by atoms with Gasteiger partial charge < -0.3 is 15.5 Å². The van der Waals surface area contributed by atoms with Crippen molar-refractivity contribution in [3.8, 4) is 5.75 Å². The molecule has 1 saturated carbocycles. The molecular formula is C15H21N3OS. The Labute approximate surface area is 123 Å². The predicted octanol–water partition coefficient (Wildman–Crippen LogP) is 3.32. The molecule has 1 aromatic heterocycles. The Morgan fingerprint density at radius 3 is 3.00 bits per heavy atom. The first-order valence-corrected chi connectivity index (χ1v) is 8.10. The van der Waals surface area contributed by atoms with Crippen molar-refractivity contribution in [1.82, 2.24) is 9.97 Å². The summed E-state index contributed by atoms with van der Waals surface area (Å²) in [5, 5.41) is 1.44. The van der Waals surface area contributed by atoms with Gasteiger partial charge in [0.2, 0.25) is 0 Å². The Balaban J connectivity index is 1.79. The van der Waals surface area contributed by atoms with E-state index >= 15 is 0 Å². The summed E-state index contributed by atoms with van der Waals surface area (Å²) < 4.78 is 5.24. The topological polar surface area (TPSA) is 63.9 Å². The monoisotopic (exact) mass is 291 g/mol. The molecule has 1 aliphatic rings. The van der Waals surface area contributed by atoms with Crippen LogP contribution in [0.1, 0.15) is 32.1 Å². The molecule has 1 aromatic carbocycles. The molecule has 4 nitrogen and oxygen atoms in total. The van der Waals surface area contributed by atoms with Gasteiger partial charge in [-0.05, 0) is 25.0 Å². The quantitative estimate of drug-likeness (QED) is 0.851. The number of H-pyrrole nitrogens is 1. The molecule has 0 bridgehead atoms. The van der Waals surface area contributed by atoms with Crippen LogP contribution in [0.4, 0.5) is 0 Å². The molecule has 1 fully saturated rings. The van der Waals surface area contributed by atoms with Crippen molar-refractivity contribution in [3.05, 3.63) is 18.2 Å². The number of aromatic nitrogens is 2. The summed E-state index contributed by atoms with van der Waals surface area (Å²) in [6.07, 6.45) is 6.16. The SMILES string of the molecule is COc1ccc2nc(SC3CCCCCC3N)[nH]c2c1. The van der Waals surface area contributed by atoms with E-state index in [1.807, 2.05) is 18.2 Å². The first-order valence-electron chi connectivity index (χ1n) is 7.22. The smallest absolute Gasteiger partial charge is 0.166 e. The molecule has 0 saturated heterocycles. The number of fused-ring (bicyclic) bond motifs is 1. The van der Waals surface area contributed by atoms with Crippen LogP contribution in [-0.2, 0) is 0 Å². The van der Waals surface area contributed by atoms with E-state index in [9.17, 15) is 0 Å². The van der Waals surface area contributed by atoms with E-state index in [0.717, 1.165) is 28.4 Å². The van der Waals surface area contributed by atoms with Gasteiger partial charge in [-0.3, -0.25) is 0 Å². The van der Waals surface area contributed by atoms with E-state index in [1.165, 1.54) is 25.7 Å². The van der Waals surface area contributed by atoms with Crippen LogP contribution < -0.4 is 10.5 Å². The van der Waals surface area contributed by atoms with Gasteiger partial charge in [0.15, 0.2) is 5.16 Å². The number of hydrogen-bond donors (Lipinski definition) is 2. The lowest BCUT2D eigenvalue weighted by molar-refractivity contribution is 0.415. The summed E-state index contributed by atoms with van der Waals surface area (Å²) in [6, 6.07) is 6.20. The molecule has 1 heterocycles. The third-order valence-electron chi connectivity index (χ3n) is 3.93. The van der Waals surface area contributed by atoms with Crippen molar-refractivity contribution in [1.29, 1.82) is 0 Å². The standard InChI is InChI=1S/C15H21N3OS/c1-19-10-7-8-12-13(9-10)18-15(17-12)20-14-6-4-2-3-5-11(14)16/h7-9,11,14H,2-6,16H2,1H3,(H,17,18). The molecule has 5 heteroatoms.